The first-order valence-corrected chi connectivity index (χ1v) is 11.9. The van der Waals surface area contributed by atoms with Crippen molar-refractivity contribution in [1.29, 1.82) is 0 Å². The molecule has 0 amide bonds. The summed E-state index contributed by atoms with van der Waals surface area (Å²) < 4.78 is 29.6. The summed E-state index contributed by atoms with van der Waals surface area (Å²) in [7, 11) is -3.43. The molecule has 4 rings (SSSR count). The van der Waals surface area contributed by atoms with Crippen LogP contribution < -0.4 is 0 Å². The van der Waals surface area contributed by atoms with Gasteiger partial charge >= 0.3 is 0 Å². The van der Waals surface area contributed by atoms with Crippen molar-refractivity contribution in [1.82, 2.24) is 18.8 Å². The van der Waals surface area contributed by atoms with Crippen LogP contribution in [0.1, 0.15) is 5.56 Å². The third-order valence-electron chi connectivity index (χ3n) is 5.13. The Kier molecular flexibility index (Phi) is 5.46. The van der Waals surface area contributed by atoms with Crippen molar-refractivity contribution in [3.05, 3.63) is 54.1 Å². The van der Waals surface area contributed by atoms with Crippen LogP contribution in [-0.4, -0.2) is 59.6 Å². The van der Waals surface area contributed by atoms with Crippen molar-refractivity contribution in [3.63, 3.8) is 0 Å². The number of imidazole rings is 1. The summed E-state index contributed by atoms with van der Waals surface area (Å²) in [5.74, 6) is 0. The lowest BCUT2D eigenvalue weighted by atomic mass is 10.2. The Balaban J connectivity index is 1.47. The van der Waals surface area contributed by atoms with Crippen LogP contribution in [0.5, 0.6) is 0 Å². The normalized spacial score (nSPS) is 16.6. The summed E-state index contributed by atoms with van der Waals surface area (Å²) in [5.41, 5.74) is 3.16. The number of thioether (sulfide) groups is 1. The summed E-state index contributed by atoms with van der Waals surface area (Å²) in [6.45, 7) is 5.07. The number of benzene rings is 2. The summed E-state index contributed by atoms with van der Waals surface area (Å²) in [5, 5.41) is 0.982. The molecule has 8 heteroatoms. The lowest BCUT2D eigenvalue weighted by Gasteiger charge is -2.34. The van der Waals surface area contributed by atoms with Gasteiger partial charge in [0, 0.05) is 26.2 Å². The zero-order chi connectivity index (χ0) is 19.7. The zero-order valence-electron chi connectivity index (χ0n) is 16.1. The zero-order valence-corrected chi connectivity index (χ0v) is 17.7. The lowest BCUT2D eigenvalue weighted by Crippen LogP contribution is -2.48. The van der Waals surface area contributed by atoms with E-state index in [0.717, 1.165) is 28.4 Å². The maximum absolute atomic E-state index is 12.9. The summed E-state index contributed by atoms with van der Waals surface area (Å²) in [6.07, 6.45) is 2.03. The fourth-order valence-corrected chi connectivity index (χ4v) is 5.50. The maximum atomic E-state index is 12.9. The van der Waals surface area contributed by atoms with Gasteiger partial charge in [0.05, 0.1) is 22.6 Å². The van der Waals surface area contributed by atoms with Gasteiger partial charge < -0.3 is 4.57 Å². The molecule has 2 heterocycles. The molecule has 1 aromatic heterocycles. The molecule has 3 aromatic rings. The number of fused-ring (bicyclic) bond motifs is 1. The molecule has 2 aromatic carbocycles. The average molecular weight is 417 g/mol. The van der Waals surface area contributed by atoms with E-state index < -0.39 is 10.0 Å². The Labute approximate surface area is 170 Å². The Bertz CT molecular complexity index is 1070. The topological polar surface area (TPSA) is 58.4 Å². The first kappa shape index (κ1) is 19.4. The van der Waals surface area contributed by atoms with E-state index in [2.05, 4.69) is 15.5 Å². The molecule has 0 saturated carbocycles. The highest BCUT2D eigenvalue weighted by Gasteiger charge is 2.28. The minimum absolute atomic E-state index is 0.372. The Hall–Kier alpha value is -1.87. The molecule has 148 valence electrons. The van der Waals surface area contributed by atoms with E-state index >= 15 is 0 Å². The fraction of sp³-hybridized carbons (Fsp3) is 0.350. The van der Waals surface area contributed by atoms with Gasteiger partial charge in [-0.25, -0.2) is 13.4 Å². The Morgan fingerprint density at radius 1 is 1.00 bits per heavy atom. The standard InChI is InChI=1S/C20H24N4O2S2/c1-16-7-9-17(10-8-16)28(25,26)23-13-11-22(12-14-23)15-24-19-6-4-3-5-18(19)21-20(24)27-2/h3-10H,11-15H2,1-2H3. The SMILES string of the molecule is CSc1nc2ccccc2n1CN1CCN(S(=O)(=O)c2ccc(C)cc2)CC1. The van der Waals surface area contributed by atoms with Gasteiger partial charge in [-0.15, -0.1) is 0 Å². The van der Waals surface area contributed by atoms with Crippen molar-refractivity contribution in [2.45, 2.75) is 23.6 Å². The molecule has 0 bridgehead atoms. The molecule has 0 spiro atoms. The molecule has 0 unspecified atom stereocenters. The number of piperazine rings is 1. The van der Waals surface area contributed by atoms with Gasteiger partial charge in [-0.1, -0.05) is 41.6 Å². The number of hydrogen-bond donors (Lipinski definition) is 0. The summed E-state index contributed by atoms with van der Waals surface area (Å²) in [6, 6.07) is 15.2. The highest BCUT2D eigenvalue weighted by atomic mass is 32.2. The van der Waals surface area contributed by atoms with E-state index in [1.807, 2.05) is 43.5 Å². The van der Waals surface area contributed by atoms with E-state index in [4.69, 9.17) is 4.98 Å². The second kappa shape index (κ2) is 7.87. The molecule has 1 aliphatic rings. The molecule has 0 radical (unpaired) electrons. The van der Waals surface area contributed by atoms with Crippen LogP contribution >= 0.6 is 11.8 Å². The van der Waals surface area contributed by atoms with Crippen LogP contribution in [0.4, 0.5) is 0 Å². The molecule has 0 atom stereocenters. The van der Waals surface area contributed by atoms with E-state index in [1.165, 1.54) is 0 Å². The predicted octanol–water partition coefficient (Wildman–Crippen LogP) is 3.03. The molecule has 1 fully saturated rings. The molecule has 1 aliphatic heterocycles. The maximum Gasteiger partial charge on any atom is 0.243 e. The molecule has 28 heavy (non-hydrogen) atoms. The van der Waals surface area contributed by atoms with E-state index in [0.29, 0.717) is 31.1 Å². The van der Waals surface area contributed by atoms with Crippen molar-refractivity contribution >= 4 is 32.8 Å². The number of aromatic nitrogens is 2. The van der Waals surface area contributed by atoms with Crippen LogP contribution in [0.2, 0.25) is 0 Å². The van der Waals surface area contributed by atoms with Crippen LogP contribution in [0.15, 0.2) is 58.6 Å². The van der Waals surface area contributed by atoms with E-state index in [-0.39, 0.29) is 0 Å². The van der Waals surface area contributed by atoms with Gasteiger partial charge in [0.15, 0.2) is 5.16 Å². The highest BCUT2D eigenvalue weighted by Crippen LogP contribution is 2.24. The number of nitrogens with zero attached hydrogens (tertiary/aromatic N) is 4. The highest BCUT2D eigenvalue weighted by molar-refractivity contribution is 7.98. The van der Waals surface area contributed by atoms with Crippen LogP contribution in [0.25, 0.3) is 11.0 Å². The van der Waals surface area contributed by atoms with Gasteiger partial charge in [-0.2, -0.15) is 4.31 Å². The van der Waals surface area contributed by atoms with Gasteiger partial charge in [0.2, 0.25) is 10.0 Å². The fourth-order valence-electron chi connectivity index (χ4n) is 3.52. The summed E-state index contributed by atoms with van der Waals surface area (Å²) >= 11 is 1.63. The lowest BCUT2D eigenvalue weighted by molar-refractivity contribution is 0.150. The Morgan fingerprint density at radius 2 is 1.68 bits per heavy atom. The average Bonchev–Trinajstić information content (AvgIpc) is 3.06. The van der Waals surface area contributed by atoms with Crippen LogP contribution in [-0.2, 0) is 16.7 Å². The van der Waals surface area contributed by atoms with E-state index in [9.17, 15) is 8.42 Å². The van der Waals surface area contributed by atoms with Gasteiger partial charge in [-0.3, -0.25) is 4.90 Å². The number of sulfonamides is 1. The third kappa shape index (κ3) is 3.69. The number of aryl methyl sites for hydroxylation is 1. The molecule has 0 N–H and O–H groups in total. The molecular weight excluding hydrogens is 392 g/mol. The molecular formula is C20H24N4O2S2. The number of para-hydroxylation sites is 2. The minimum Gasteiger partial charge on any atom is -0.305 e. The van der Waals surface area contributed by atoms with Gasteiger partial charge in [0.25, 0.3) is 0 Å². The first-order chi connectivity index (χ1) is 13.5. The minimum atomic E-state index is -3.43. The quantitative estimate of drug-likeness (QED) is 0.599. The van der Waals surface area contributed by atoms with Crippen LogP contribution in [0, 0.1) is 6.92 Å². The van der Waals surface area contributed by atoms with Gasteiger partial charge in [0.1, 0.15) is 0 Å². The largest absolute Gasteiger partial charge is 0.305 e. The van der Waals surface area contributed by atoms with Crippen molar-refractivity contribution in [3.8, 4) is 0 Å². The smallest absolute Gasteiger partial charge is 0.243 e. The third-order valence-corrected chi connectivity index (χ3v) is 7.72. The van der Waals surface area contributed by atoms with Crippen molar-refractivity contribution in [2.75, 3.05) is 32.4 Å². The Morgan fingerprint density at radius 3 is 2.36 bits per heavy atom. The summed E-state index contributed by atoms with van der Waals surface area (Å²) in [4.78, 5) is 7.35. The van der Waals surface area contributed by atoms with Crippen molar-refractivity contribution in [2.24, 2.45) is 0 Å². The monoisotopic (exact) mass is 416 g/mol. The van der Waals surface area contributed by atoms with E-state index in [1.54, 1.807) is 28.2 Å². The van der Waals surface area contributed by atoms with Crippen LogP contribution in [0.3, 0.4) is 0 Å². The molecule has 1 saturated heterocycles. The predicted molar refractivity (Wildman–Crippen MR) is 113 cm³/mol. The second-order valence-corrected chi connectivity index (χ2v) is 9.70. The van der Waals surface area contributed by atoms with Gasteiger partial charge in [-0.05, 0) is 37.4 Å². The first-order valence-electron chi connectivity index (χ1n) is 9.27. The number of hydrogen-bond acceptors (Lipinski definition) is 5. The second-order valence-electron chi connectivity index (χ2n) is 6.99. The molecule has 6 nitrogen and oxygen atoms in total. The number of rotatable bonds is 5. The van der Waals surface area contributed by atoms with Crippen molar-refractivity contribution < 1.29 is 8.42 Å². The molecule has 0 aliphatic carbocycles.